The number of hydrogen-bond donors (Lipinski definition) is 2. The maximum absolute atomic E-state index is 13.3. The lowest BCUT2D eigenvalue weighted by atomic mass is 9.46. The summed E-state index contributed by atoms with van der Waals surface area (Å²) in [6.07, 6.45) is 8.79. The Hall–Kier alpha value is -4.43. The number of aliphatic hydroxyl groups excluding tert-OH is 1. The van der Waals surface area contributed by atoms with Crippen molar-refractivity contribution in [2.45, 2.75) is 64.9 Å². The molecule has 0 aliphatic heterocycles. The van der Waals surface area contributed by atoms with E-state index in [1.54, 1.807) is 12.2 Å². The summed E-state index contributed by atoms with van der Waals surface area (Å²) in [5, 5.41) is 20.5. The Labute approximate surface area is 320 Å². The van der Waals surface area contributed by atoms with E-state index in [-0.39, 0.29) is 35.7 Å². The molecule has 4 aliphatic rings. The van der Waals surface area contributed by atoms with E-state index in [0.29, 0.717) is 19.4 Å². The molecule has 2 N–H and O–H groups in total. The molecule has 3 aromatic carbocycles. The van der Waals surface area contributed by atoms with Crippen LogP contribution in [0.15, 0.2) is 109 Å². The van der Waals surface area contributed by atoms with E-state index in [9.17, 15) is 24.6 Å². The highest BCUT2D eigenvalue weighted by molar-refractivity contribution is 6.02. The van der Waals surface area contributed by atoms with Crippen molar-refractivity contribution in [2.24, 2.45) is 28.6 Å². The summed E-state index contributed by atoms with van der Waals surface area (Å²) in [7, 11) is 4.11. The molecule has 0 unspecified atom stereocenters. The standard InChI is InChI=1S/C26H29NO.C21H26O5/c1-4-25(21-11-7-5-8-12-21)26(22-13-9-6-10-14-22)23-15-17-24(18-16-23)28-20-19-27(2)3;1-19-7-5-13(23)9-12(19)3-4-14-15-6-8-21(26,17(25)11-22)20(15,2)10-16(24)18(14)19/h5-18H,4,19-20H2,1-3H3;5,7,9,14-15,18,22,26H,3-4,6,8,10-11H2,1-2H3/b26-25-;/t;14-,15-,18+,19-,20-,21-/m.0/s1. The molecule has 0 bridgehead atoms. The number of hydrogen-bond acceptors (Lipinski definition) is 7. The van der Waals surface area contributed by atoms with Crippen molar-refractivity contribution in [3.8, 4) is 5.75 Å². The third-order valence-corrected chi connectivity index (χ3v) is 12.8. The zero-order valence-electron chi connectivity index (χ0n) is 32.4. The highest BCUT2D eigenvalue weighted by atomic mass is 16.5. The molecule has 3 fully saturated rings. The van der Waals surface area contributed by atoms with Crippen molar-refractivity contribution in [2.75, 3.05) is 33.9 Å². The van der Waals surface area contributed by atoms with Crippen LogP contribution in [0, 0.1) is 28.6 Å². The molecule has 0 spiro atoms. The SMILES string of the molecule is CC/C(=C(\c1ccccc1)c1ccc(OCCN(C)C)cc1)c1ccccc1.C[C@]12C=CC(=O)C=C1CC[C@@H]1[C@@H]2C(=O)C[C@@]2(C)[C@H]1CC[C@]2(O)C(=O)CO. The molecule has 54 heavy (non-hydrogen) atoms. The van der Waals surface area contributed by atoms with E-state index in [1.165, 1.54) is 27.8 Å². The fourth-order valence-electron chi connectivity index (χ4n) is 9.97. The van der Waals surface area contributed by atoms with Gasteiger partial charge in [0.1, 0.15) is 30.3 Å². The number of Topliss-reactive ketones (excluding diaryl/α,β-unsaturated/α-hetero) is 2. The first-order chi connectivity index (χ1) is 25.9. The molecular formula is C47H55NO6. The molecule has 3 saturated carbocycles. The topological polar surface area (TPSA) is 104 Å². The largest absolute Gasteiger partial charge is 0.492 e. The highest BCUT2D eigenvalue weighted by Crippen LogP contribution is 2.66. The van der Waals surface area contributed by atoms with Crippen LogP contribution < -0.4 is 4.74 Å². The smallest absolute Gasteiger partial charge is 0.190 e. The molecule has 4 aliphatic carbocycles. The molecule has 7 heteroatoms. The van der Waals surface area contributed by atoms with Crippen molar-refractivity contribution in [3.63, 3.8) is 0 Å². The van der Waals surface area contributed by atoms with Crippen LogP contribution in [0.5, 0.6) is 5.75 Å². The summed E-state index contributed by atoms with van der Waals surface area (Å²) in [6.45, 7) is 7.02. The van der Waals surface area contributed by atoms with Crippen LogP contribution in [-0.2, 0) is 14.4 Å². The minimum absolute atomic E-state index is 0.0206. The van der Waals surface area contributed by atoms with Gasteiger partial charge in [0.15, 0.2) is 11.6 Å². The van der Waals surface area contributed by atoms with Gasteiger partial charge >= 0.3 is 0 Å². The number of likely N-dealkylation sites (N-methyl/N-ethyl adjacent to an activating group) is 1. The van der Waals surface area contributed by atoms with Crippen LogP contribution in [0.1, 0.15) is 76.0 Å². The minimum atomic E-state index is -1.62. The normalized spacial score (nSPS) is 28.9. The number of fused-ring (bicyclic) bond motifs is 5. The third-order valence-electron chi connectivity index (χ3n) is 12.8. The molecule has 0 amide bonds. The zero-order chi connectivity index (χ0) is 38.7. The second-order valence-electron chi connectivity index (χ2n) is 16.1. The van der Waals surface area contributed by atoms with Gasteiger partial charge in [0.25, 0.3) is 0 Å². The van der Waals surface area contributed by atoms with Gasteiger partial charge in [0.2, 0.25) is 0 Å². The summed E-state index contributed by atoms with van der Waals surface area (Å²) < 4.78 is 5.87. The lowest BCUT2D eigenvalue weighted by molar-refractivity contribution is -0.168. The predicted octanol–water partition coefficient (Wildman–Crippen LogP) is 7.76. The monoisotopic (exact) mass is 729 g/mol. The second-order valence-corrected chi connectivity index (χ2v) is 16.1. The van der Waals surface area contributed by atoms with Gasteiger partial charge in [0.05, 0.1) is 0 Å². The number of allylic oxidation sites excluding steroid dienone is 5. The van der Waals surface area contributed by atoms with E-state index in [0.717, 1.165) is 37.1 Å². The number of ketones is 3. The Morgan fingerprint density at radius 2 is 1.52 bits per heavy atom. The summed E-state index contributed by atoms with van der Waals surface area (Å²) in [5.41, 5.74) is 4.51. The van der Waals surface area contributed by atoms with Gasteiger partial charge in [-0.15, -0.1) is 0 Å². The molecule has 6 atom stereocenters. The van der Waals surface area contributed by atoms with Crippen LogP contribution in [0.25, 0.3) is 11.1 Å². The van der Waals surface area contributed by atoms with Gasteiger partial charge in [-0.1, -0.05) is 105 Å². The van der Waals surface area contributed by atoms with Crippen molar-refractivity contribution in [1.82, 2.24) is 4.90 Å². The predicted molar refractivity (Wildman–Crippen MR) is 214 cm³/mol. The fourth-order valence-corrected chi connectivity index (χ4v) is 9.97. The van der Waals surface area contributed by atoms with Crippen LogP contribution in [0.4, 0.5) is 0 Å². The molecule has 0 heterocycles. The first kappa shape index (κ1) is 39.3. The molecule has 7 nitrogen and oxygen atoms in total. The van der Waals surface area contributed by atoms with Gasteiger partial charge < -0.3 is 19.8 Å². The van der Waals surface area contributed by atoms with Crippen molar-refractivity contribution in [1.29, 1.82) is 0 Å². The van der Waals surface area contributed by atoms with Gasteiger partial charge in [-0.05, 0) is 110 Å². The molecule has 0 saturated heterocycles. The molecular weight excluding hydrogens is 675 g/mol. The van der Waals surface area contributed by atoms with Gasteiger partial charge in [-0.2, -0.15) is 0 Å². The Kier molecular flexibility index (Phi) is 11.7. The van der Waals surface area contributed by atoms with Gasteiger partial charge in [-0.3, -0.25) is 14.4 Å². The van der Waals surface area contributed by atoms with Crippen LogP contribution in [0.3, 0.4) is 0 Å². The number of aliphatic hydroxyl groups is 2. The lowest BCUT2D eigenvalue weighted by Gasteiger charge is -2.56. The van der Waals surface area contributed by atoms with E-state index < -0.39 is 28.8 Å². The zero-order valence-corrected chi connectivity index (χ0v) is 32.4. The Bertz CT molecular complexity index is 1930. The highest BCUT2D eigenvalue weighted by Gasteiger charge is 2.68. The van der Waals surface area contributed by atoms with E-state index in [2.05, 4.69) is 111 Å². The average Bonchev–Trinajstić information content (AvgIpc) is 3.44. The Morgan fingerprint density at radius 1 is 0.889 bits per heavy atom. The molecule has 7 rings (SSSR count). The summed E-state index contributed by atoms with van der Waals surface area (Å²) >= 11 is 0. The number of ether oxygens (including phenoxy) is 1. The van der Waals surface area contributed by atoms with Crippen molar-refractivity contribution < 1.29 is 29.3 Å². The summed E-state index contributed by atoms with van der Waals surface area (Å²) in [4.78, 5) is 39.5. The minimum Gasteiger partial charge on any atom is -0.492 e. The molecule has 0 radical (unpaired) electrons. The van der Waals surface area contributed by atoms with Gasteiger partial charge in [0, 0.05) is 29.7 Å². The lowest BCUT2D eigenvalue weighted by Crippen LogP contribution is -2.60. The van der Waals surface area contributed by atoms with Crippen molar-refractivity contribution in [3.05, 3.63) is 125 Å². The third kappa shape index (κ3) is 7.34. The van der Waals surface area contributed by atoms with Crippen molar-refractivity contribution >= 4 is 28.5 Å². The summed E-state index contributed by atoms with van der Waals surface area (Å²) in [5.74, 6) is 0.323. The average molecular weight is 730 g/mol. The van der Waals surface area contributed by atoms with E-state index in [4.69, 9.17) is 4.74 Å². The first-order valence-electron chi connectivity index (χ1n) is 19.4. The van der Waals surface area contributed by atoms with Crippen LogP contribution in [-0.4, -0.2) is 71.9 Å². The Balaban J connectivity index is 0.000000185. The first-order valence-corrected chi connectivity index (χ1v) is 19.4. The number of benzene rings is 3. The molecule has 0 aromatic heterocycles. The second kappa shape index (κ2) is 16.1. The quantitative estimate of drug-likeness (QED) is 0.206. The molecule has 284 valence electrons. The Morgan fingerprint density at radius 3 is 2.13 bits per heavy atom. The summed E-state index contributed by atoms with van der Waals surface area (Å²) in [6, 6.07) is 29.8. The van der Waals surface area contributed by atoms with E-state index >= 15 is 0 Å². The molecule has 3 aromatic rings. The van der Waals surface area contributed by atoms with Crippen LogP contribution in [0.2, 0.25) is 0 Å². The number of carbonyl (C=O) groups excluding carboxylic acids is 3. The van der Waals surface area contributed by atoms with Gasteiger partial charge in [-0.25, -0.2) is 0 Å². The van der Waals surface area contributed by atoms with Crippen LogP contribution >= 0.6 is 0 Å². The van der Waals surface area contributed by atoms with E-state index in [1.807, 2.05) is 19.9 Å². The number of nitrogens with zero attached hydrogens (tertiary/aromatic N) is 1. The number of rotatable bonds is 10. The number of carbonyl (C=O) groups is 3. The maximum Gasteiger partial charge on any atom is 0.190 e. The fraction of sp³-hybridized carbons (Fsp3) is 0.426. The maximum atomic E-state index is 13.3.